The largest absolute Gasteiger partial charge is 0.493 e. The van der Waals surface area contributed by atoms with Crippen LogP contribution in [0.25, 0.3) is 0 Å². The van der Waals surface area contributed by atoms with Gasteiger partial charge in [0.2, 0.25) is 11.8 Å². The summed E-state index contributed by atoms with van der Waals surface area (Å²) in [5.41, 5.74) is 0.974. The molecule has 0 aliphatic heterocycles. The molecule has 9 nitrogen and oxygen atoms in total. The number of nitrogens with one attached hydrogen (secondary N) is 1. The van der Waals surface area contributed by atoms with Crippen molar-refractivity contribution in [2.24, 2.45) is 0 Å². The summed E-state index contributed by atoms with van der Waals surface area (Å²) >= 11 is 3.42. The summed E-state index contributed by atoms with van der Waals surface area (Å²) in [6, 6.07) is 18.9. The van der Waals surface area contributed by atoms with Gasteiger partial charge in [-0.25, -0.2) is 8.42 Å². The van der Waals surface area contributed by atoms with Gasteiger partial charge in [0, 0.05) is 24.1 Å². The van der Waals surface area contributed by atoms with Crippen molar-refractivity contribution < 1.29 is 27.5 Å². The Hall–Kier alpha value is -3.57. The highest BCUT2D eigenvalue weighted by Gasteiger charge is 2.32. The van der Waals surface area contributed by atoms with Crippen molar-refractivity contribution in [3.8, 4) is 11.5 Å². The van der Waals surface area contributed by atoms with Crippen LogP contribution in [0.15, 0.2) is 82.2 Å². The lowest BCUT2D eigenvalue weighted by molar-refractivity contribution is -0.139. The quantitative estimate of drug-likeness (QED) is 0.357. The molecule has 0 aliphatic rings. The molecular formula is C27H30BrN3O6S. The average molecular weight is 605 g/mol. The van der Waals surface area contributed by atoms with Gasteiger partial charge in [-0.1, -0.05) is 46.3 Å². The molecule has 0 aromatic heterocycles. The van der Waals surface area contributed by atoms with Crippen molar-refractivity contribution in [3.63, 3.8) is 0 Å². The first-order valence-electron chi connectivity index (χ1n) is 11.7. The van der Waals surface area contributed by atoms with Crippen LogP contribution in [0.3, 0.4) is 0 Å². The molecule has 0 heterocycles. The van der Waals surface area contributed by atoms with Gasteiger partial charge in [0.05, 0.1) is 24.8 Å². The molecule has 1 atom stereocenters. The van der Waals surface area contributed by atoms with E-state index >= 15 is 0 Å². The van der Waals surface area contributed by atoms with Crippen molar-refractivity contribution in [3.05, 3.63) is 82.8 Å². The van der Waals surface area contributed by atoms with Crippen LogP contribution in [0.4, 0.5) is 5.69 Å². The first-order valence-corrected chi connectivity index (χ1v) is 13.9. The molecule has 1 N–H and O–H groups in total. The van der Waals surface area contributed by atoms with Crippen molar-refractivity contribution in [2.75, 3.05) is 32.1 Å². The molecule has 202 valence electrons. The molecule has 0 aliphatic carbocycles. The van der Waals surface area contributed by atoms with Crippen molar-refractivity contribution in [1.82, 2.24) is 10.2 Å². The predicted octanol–water partition coefficient (Wildman–Crippen LogP) is 3.82. The number of hydrogen-bond acceptors (Lipinski definition) is 6. The van der Waals surface area contributed by atoms with E-state index in [0.717, 1.165) is 14.3 Å². The second kappa shape index (κ2) is 12.8. The third-order valence-electron chi connectivity index (χ3n) is 5.92. The van der Waals surface area contributed by atoms with Crippen LogP contribution in [0, 0.1) is 0 Å². The Morgan fingerprint density at radius 3 is 2.24 bits per heavy atom. The van der Waals surface area contributed by atoms with Crippen LogP contribution in [-0.4, -0.2) is 59.0 Å². The van der Waals surface area contributed by atoms with Gasteiger partial charge in [0.1, 0.15) is 12.6 Å². The molecule has 0 saturated heterocycles. The van der Waals surface area contributed by atoms with Crippen LogP contribution < -0.4 is 19.1 Å². The average Bonchev–Trinajstić information content (AvgIpc) is 2.93. The van der Waals surface area contributed by atoms with E-state index in [1.54, 1.807) is 31.2 Å². The first kappa shape index (κ1) is 29.0. The van der Waals surface area contributed by atoms with Crippen molar-refractivity contribution in [2.45, 2.75) is 24.4 Å². The van der Waals surface area contributed by atoms with E-state index in [1.165, 1.54) is 50.4 Å². The zero-order valence-electron chi connectivity index (χ0n) is 21.5. The number of likely N-dealkylation sites (N-methyl/N-ethyl adjacent to an activating group) is 1. The Labute approximate surface area is 231 Å². The molecule has 3 rings (SSSR count). The number of anilines is 1. The fourth-order valence-corrected chi connectivity index (χ4v) is 5.73. The van der Waals surface area contributed by atoms with E-state index in [4.69, 9.17) is 9.47 Å². The summed E-state index contributed by atoms with van der Waals surface area (Å²) < 4.78 is 40.1. The van der Waals surface area contributed by atoms with Gasteiger partial charge in [-0.15, -0.1) is 0 Å². The second-order valence-corrected chi connectivity index (χ2v) is 11.1. The van der Waals surface area contributed by atoms with E-state index in [9.17, 15) is 18.0 Å². The summed E-state index contributed by atoms with van der Waals surface area (Å²) in [4.78, 5) is 27.7. The third kappa shape index (κ3) is 6.65. The number of amides is 2. The maximum atomic E-state index is 13.8. The standard InChI is InChI=1S/C27H30BrN3O6S/c1-19(27(33)29-2)30(17-20-9-8-10-21(28)15-20)26(32)18-31(38(34,35)23-11-6-5-7-12-23)22-13-14-24(36-3)25(16-22)37-4/h5-16,19H,17-18H2,1-4H3,(H,29,33)/t19-/m0/s1. The fraction of sp³-hybridized carbons (Fsp3) is 0.259. The summed E-state index contributed by atoms with van der Waals surface area (Å²) in [5, 5.41) is 2.56. The maximum absolute atomic E-state index is 13.8. The zero-order chi connectivity index (χ0) is 27.9. The molecule has 0 spiro atoms. The molecular weight excluding hydrogens is 574 g/mol. The minimum Gasteiger partial charge on any atom is -0.493 e. The highest BCUT2D eigenvalue weighted by atomic mass is 79.9. The molecule has 3 aromatic rings. The summed E-state index contributed by atoms with van der Waals surface area (Å²) in [7, 11) is 0.215. The molecule has 0 fully saturated rings. The van der Waals surface area contributed by atoms with Crippen molar-refractivity contribution in [1.29, 1.82) is 0 Å². The number of ether oxygens (including phenoxy) is 2. The van der Waals surface area contributed by atoms with Gasteiger partial charge >= 0.3 is 0 Å². The number of methoxy groups -OCH3 is 2. The van der Waals surface area contributed by atoms with E-state index < -0.39 is 28.5 Å². The lowest BCUT2D eigenvalue weighted by Gasteiger charge is -2.32. The number of sulfonamides is 1. The van der Waals surface area contributed by atoms with Crippen LogP contribution in [-0.2, 0) is 26.2 Å². The number of nitrogens with zero attached hydrogens (tertiary/aromatic N) is 2. The van der Waals surface area contributed by atoms with Gasteiger partial charge in [0.25, 0.3) is 10.0 Å². The maximum Gasteiger partial charge on any atom is 0.264 e. The minimum absolute atomic E-state index is 0.0143. The number of carbonyl (C=O) groups excluding carboxylic acids is 2. The Balaban J connectivity index is 2.08. The zero-order valence-corrected chi connectivity index (χ0v) is 24.0. The van der Waals surface area contributed by atoms with E-state index in [-0.39, 0.29) is 23.0 Å². The normalized spacial score (nSPS) is 11.8. The fourth-order valence-electron chi connectivity index (χ4n) is 3.85. The Kier molecular flexibility index (Phi) is 9.76. The Bertz CT molecular complexity index is 1380. The lowest BCUT2D eigenvalue weighted by Crippen LogP contribution is -2.50. The Morgan fingerprint density at radius 1 is 0.947 bits per heavy atom. The minimum atomic E-state index is -4.18. The molecule has 0 unspecified atom stereocenters. The van der Waals surface area contributed by atoms with Gasteiger partial charge < -0.3 is 19.7 Å². The van der Waals surface area contributed by atoms with Gasteiger partial charge in [-0.3, -0.25) is 13.9 Å². The van der Waals surface area contributed by atoms with Gasteiger partial charge in [0.15, 0.2) is 11.5 Å². The number of rotatable bonds is 11. The highest BCUT2D eigenvalue weighted by molar-refractivity contribution is 9.10. The van der Waals surface area contributed by atoms with Crippen LogP contribution in [0.5, 0.6) is 11.5 Å². The summed E-state index contributed by atoms with van der Waals surface area (Å²) in [6.45, 7) is 1.14. The number of halogens is 1. The van der Waals surface area contributed by atoms with E-state index in [0.29, 0.717) is 11.5 Å². The molecule has 38 heavy (non-hydrogen) atoms. The molecule has 0 bridgehead atoms. The SMILES string of the molecule is CNC(=O)[C@H](C)N(Cc1cccc(Br)c1)C(=O)CN(c1ccc(OC)c(OC)c1)S(=O)(=O)c1ccccc1. The van der Waals surface area contributed by atoms with Crippen molar-refractivity contribution >= 4 is 43.5 Å². The van der Waals surface area contributed by atoms with Crippen LogP contribution in [0.2, 0.25) is 0 Å². The number of benzene rings is 3. The summed E-state index contributed by atoms with van der Waals surface area (Å²) in [5.74, 6) is -0.230. The van der Waals surface area contributed by atoms with Crippen LogP contribution >= 0.6 is 15.9 Å². The molecule has 0 saturated carbocycles. The van der Waals surface area contributed by atoms with Gasteiger partial charge in [-0.05, 0) is 48.9 Å². The molecule has 2 amide bonds. The molecule has 11 heteroatoms. The number of hydrogen-bond donors (Lipinski definition) is 1. The first-order chi connectivity index (χ1) is 18.1. The monoisotopic (exact) mass is 603 g/mol. The smallest absolute Gasteiger partial charge is 0.264 e. The Morgan fingerprint density at radius 2 is 1.63 bits per heavy atom. The molecule has 0 radical (unpaired) electrons. The second-order valence-electron chi connectivity index (χ2n) is 8.31. The third-order valence-corrected chi connectivity index (χ3v) is 8.20. The van der Waals surface area contributed by atoms with Gasteiger partial charge in [-0.2, -0.15) is 0 Å². The topological polar surface area (TPSA) is 105 Å². The molecule has 3 aromatic carbocycles. The highest BCUT2D eigenvalue weighted by Crippen LogP contribution is 2.34. The summed E-state index contributed by atoms with van der Waals surface area (Å²) in [6.07, 6.45) is 0. The lowest BCUT2D eigenvalue weighted by atomic mass is 10.1. The van der Waals surface area contributed by atoms with E-state index in [2.05, 4.69) is 21.2 Å². The number of carbonyl (C=O) groups is 2. The predicted molar refractivity (Wildman–Crippen MR) is 149 cm³/mol. The van der Waals surface area contributed by atoms with Crippen LogP contribution in [0.1, 0.15) is 12.5 Å². The van der Waals surface area contributed by atoms with E-state index in [1.807, 2.05) is 24.3 Å².